The maximum absolute atomic E-state index is 12.6. The number of rotatable bonds is 12. The normalized spacial score (nSPS) is 11.3. The minimum atomic E-state index is -0.632. The Morgan fingerprint density at radius 3 is 2.27 bits per heavy atom. The van der Waals surface area contributed by atoms with Gasteiger partial charge in [-0.1, -0.05) is 12.1 Å². The summed E-state index contributed by atoms with van der Waals surface area (Å²) in [6, 6.07) is 9.14. The number of nitrogens with zero attached hydrogens (tertiary/aromatic N) is 1. The Kier molecular flexibility index (Phi) is 9.80. The monoisotopic (exact) mass is 478 g/mol. The summed E-state index contributed by atoms with van der Waals surface area (Å²) < 4.78 is 20.3. The second kappa shape index (κ2) is 12.5. The Bertz CT molecular complexity index is 998. The van der Waals surface area contributed by atoms with Gasteiger partial charge in [-0.15, -0.1) is 11.8 Å². The zero-order valence-corrected chi connectivity index (χ0v) is 19.6. The molecule has 0 aliphatic carbocycles. The van der Waals surface area contributed by atoms with E-state index in [4.69, 9.17) is 18.9 Å². The van der Waals surface area contributed by atoms with Crippen LogP contribution < -0.4 is 19.5 Å². The lowest BCUT2D eigenvalue weighted by Crippen LogP contribution is -2.31. The number of hydrogen-bond donors (Lipinski definition) is 1. The zero-order valence-electron chi connectivity index (χ0n) is 18.8. The number of nitro benzene ring substituents is 1. The number of hydrogen-bond acceptors (Lipinski definition) is 9. The van der Waals surface area contributed by atoms with Crippen molar-refractivity contribution in [3.8, 4) is 17.2 Å². The summed E-state index contributed by atoms with van der Waals surface area (Å²) in [6.45, 7) is 0. The van der Waals surface area contributed by atoms with Crippen LogP contribution in [0.2, 0.25) is 0 Å². The first kappa shape index (κ1) is 25.8. The Morgan fingerprint density at radius 1 is 1.00 bits per heavy atom. The molecule has 0 heterocycles. The third-order valence-corrected chi connectivity index (χ3v) is 5.69. The third-order valence-electron chi connectivity index (χ3n) is 4.69. The average Bonchev–Trinajstić information content (AvgIpc) is 2.82. The van der Waals surface area contributed by atoms with Crippen molar-refractivity contribution in [2.45, 2.75) is 18.2 Å². The van der Waals surface area contributed by atoms with Gasteiger partial charge in [0, 0.05) is 11.8 Å². The van der Waals surface area contributed by atoms with Crippen LogP contribution in [-0.4, -0.2) is 51.0 Å². The maximum Gasteiger partial charge on any atom is 0.311 e. The van der Waals surface area contributed by atoms with Gasteiger partial charge in [-0.2, -0.15) is 0 Å². The first-order chi connectivity index (χ1) is 15.8. The van der Waals surface area contributed by atoms with Crippen molar-refractivity contribution in [2.75, 3.05) is 34.2 Å². The smallest absolute Gasteiger partial charge is 0.311 e. The molecule has 0 aromatic heterocycles. The zero-order chi connectivity index (χ0) is 24.4. The lowest BCUT2D eigenvalue weighted by molar-refractivity contribution is -0.385. The van der Waals surface area contributed by atoms with Crippen molar-refractivity contribution in [1.82, 2.24) is 5.32 Å². The van der Waals surface area contributed by atoms with E-state index in [9.17, 15) is 19.7 Å². The van der Waals surface area contributed by atoms with Gasteiger partial charge in [-0.3, -0.25) is 19.7 Å². The number of amides is 1. The van der Waals surface area contributed by atoms with Gasteiger partial charge in [0.15, 0.2) is 17.2 Å². The molecule has 1 N–H and O–H groups in total. The van der Waals surface area contributed by atoms with Crippen LogP contribution in [-0.2, 0) is 20.1 Å². The van der Waals surface area contributed by atoms with E-state index in [2.05, 4.69) is 5.32 Å². The summed E-state index contributed by atoms with van der Waals surface area (Å²) in [5, 5.41) is 14.0. The van der Waals surface area contributed by atoms with Gasteiger partial charge in [0.1, 0.15) is 0 Å². The van der Waals surface area contributed by atoms with E-state index in [0.717, 1.165) is 0 Å². The Labute approximate surface area is 195 Å². The fourth-order valence-corrected chi connectivity index (χ4v) is 3.82. The molecule has 0 saturated carbocycles. The van der Waals surface area contributed by atoms with Crippen molar-refractivity contribution in [3.63, 3.8) is 0 Å². The van der Waals surface area contributed by atoms with Crippen LogP contribution in [0.4, 0.5) is 5.69 Å². The van der Waals surface area contributed by atoms with Crippen LogP contribution in [0.1, 0.15) is 23.6 Å². The summed E-state index contributed by atoms with van der Waals surface area (Å²) in [7, 11) is 5.65. The van der Waals surface area contributed by atoms with Crippen LogP contribution in [0.15, 0.2) is 36.4 Å². The molecule has 1 unspecified atom stereocenters. The Morgan fingerprint density at radius 2 is 1.67 bits per heavy atom. The topological polar surface area (TPSA) is 126 Å². The first-order valence-corrected chi connectivity index (χ1v) is 11.0. The number of thioether (sulfide) groups is 1. The molecule has 2 aromatic rings. The Hall–Kier alpha value is -3.47. The molecular weight excluding hydrogens is 452 g/mol. The number of ether oxygens (including phenoxy) is 4. The van der Waals surface area contributed by atoms with E-state index in [1.54, 1.807) is 24.3 Å². The highest BCUT2D eigenvalue weighted by Crippen LogP contribution is 2.31. The Balaban J connectivity index is 2.05. The van der Waals surface area contributed by atoms with E-state index in [0.29, 0.717) is 28.4 Å². The van der Waals surface area contributed by atoms with E-state index < -0.39 is 16.9 Å². The van der Waals surface area contributed by atoms with Gasteiger partial charge < -0.3 is 24.3 Å². The molecular formula is C22H26N2O8S. The van der Waals surface area contributed by atoms with E-state index in [-0.39, 0.29) is 29.5 Å². The van der Waals surface area contributed by atoms with Crippen molar-refractivity contribution in [3.05, 3.63) is 57.6 Å². The van der Waals surface area contributed by atoms with E-state index >= 15 is 0 Å². The summed E-state index contributed by atoms with van der Waals surface area (Å²) in [5.41, 5.74) is 1.21. The fraction of sp³-hybridized carbons (Fsp3) is 0.364. The predicted molar refractivity (Wildman–Crippen MR) is 123 cm³/mol. The highest BCUT2D eigenvalue weighted by atomic mass is 32.2. The van der Waals surface area contributed by atoms with Crippen LogP contribution in [0.3, 0.4) is 0 Å². The summed E-state index contributed by atoms with van der Waals surface area (Å²) in [5.74, 6) is 0.858. The quantitative estimate of drug-likeness (QED) is 0.278. The summed E-state index contributed by atoms with van der Waals surface area (Å²) in [6.07, 6.45) is -0.0624. The molecule has 0 bridgehead atoms. The summed E-state index contributed by atoms with van der Waals surface area (Å²) in [4.78, 5) is 35.1. The van der Waals surface area contributed by atoms with Crippen LogP contribution >= 0.6 is 11.8 Å². The SMILES string of the molecule is COC(=O)CC(NC(=O)CSCc1ccc(OC)c([N+](=O)[O-])c1)c1ccc(OC)c(OC)c1. The number of carbonyl (C=O) groups is 2. The lowest BCUT2D eigenvalue weighted by Gasteiger charge is -2.19. The second-order valence-corrected chi connectivity index (χ2v) is 7.76. The van der Waals surface area contributed by atoms with Crippen molar-refractivity contribution < 1.29 is 33.5 Å². The van der Waals surface area contributed by atoms with Crippen molar-refractivity contribution in [1.29, 1.82) is 0 Å². The van der Waals surface area contributed by atoms with E-state index in [1.807, 2.05) is 0 Å². The molecule has 0 aliphatic heterocycles. The maximum atomic E-state index is 12.6. The average molecular weight is 479 g/mol. The minimum absolute atomic E-state index is 0.0624. The molecule has 10 nitrogen and oxygen atoms in total. The molecule has 2 rings (SSSR count). The number of methoxy groups -OCH3 is 4. The molecule has 1 atom stereocenters. The van der Waals surface area contributed by atoms with Gasteiger partial charge >= 0.3 is 11.7 Å². The number of nitro groups is 1. The van der Waals surface area contributed by atoms with Crippen LogP contribution in [0.5, 0.6) is 17.2 Å². The number of esters is 1. The molecule has 0 fully saturated rings. The molecule has 0 spiro atoms. The number of carbonyl (C=O) groups excluding carboxylic acids is 2. The van der Waals surface area contributed by atoms with Gasteiger partial charge in [0.05, 0.1) is 51.6 Å². The van der Waals surface area contributed by atoms with Crippen LogP contribution in [0.25, 0.3) is 0 Å². The highest BCUT2D eigenvalue weighted by Gasteiger charge is 2.21. The largest absolute Gasteiger partial charge is 0.493 e. The molecule has 33 heavy (non-hydrogen) atoms. The van der Waals surface area contributed by atoms with E-state index in [1.165, 1.54) is 52.3 Å². The molecule has 2 aromatic carbocycles. The highest BCUT2D eigenvalue weighted by molar-refractivity contribution is 7.99. The lowest BCUT2D eigenvalue weighted by atomic mass is 10.0. The van der Waals surface area contributed by atoms with Gasteiger partial charge in [0.25, 0.3) is 0 Å². The number of nitrogens with one attached hydrogen (secondary N) is 1. The van der Waals surface area contributed by atoms with Crippen molar-refractivity contribution in [2.24, 2.45) is 0 Å². The minimum Gasteiger partial charge on any atom is -0.493 e. The molecule has 0 aliphatic rings. The van der Waals surface area contributed by atoms with Crippen LogP contribution in [0, 0.1) is 10.1 Å². The number of benzene rings is 2. The van der Waals surface area contributed by atoms with Gasteiger partial charge in [-0.25, -0.2) is 0 Å². The predicted octanol–water partition coefficient (Wildman–Crippen LogP) is 3.27. The standard InChI is InChI=1S/C22H26N2O8S/c1-29-18-7-5-14(9-17(18)24(27)28)12-33-13-21(25)23-16(11-22(26)32-4)15-6-8-19(30-2)20(10-15)31-3/h5-10,16H,11-13H2,1-4H3,(H,23,25). The second-order valence-electron chi connectivity index (χ2n) is 6.77. The molecule has 11 heteroatoms. The van der Waals surface area contributed by atoms with Gasteiger partial charge in [-0.05, 0) is 29.3 Å². The van der Waals surface area contributed by atoms with Crippen molar-refractivity contribution >= 4 is 29.3 Å². The molecule has 178 valence electrons. The molecule has 0 radical (unpaired) electrons. The summed E-state index contributed by atoms with van der Waals surface area (Å²) >= 11 is 1.29. The molecule has 1 amide bonds. The first-order valence-electron chi connectivity index (χ1n) is 9.80. The third kappa shape index (κ3) is 7.28. The fourth-order valence-electron chi connectivity index (χ4n) is 3.04. The molecule has 0 saturated heterocycles. The van der Waals surface area contributed by atoms with Gasteiger partial charge in [0.2, 0.25) is 5.91 Å².